The molecule has 2 aromatic heterocycles. The van der Waals surface area contributed by atoms with Crippen molar-refractivity contribution in [3.8, 4) is 11.3 Å². The predicted molar refractivity (Wildman–Crippen MR) is 99.3 cm³/mol. The molecular weight excluding hydrogens is 385 g/mol. The van der Waals surface area contributed by atoms with Crippen LogP contribution < -0.4 is 4.90 Å². The molecule has 0 bridgehead atoms. The lowest BCUT2D eigenvalue weighted by Crippen LogP contribution is -2.48. The van der Waals surface area contributed by atoms with Gasteiger partial charge in [-0.1, -0.05) is 11.2 Å². The molecule has 6 nitrogen and oxygen atoms in total. The van der Waals surface area contributed by atoms with Gasteiger partial charge in [-0.15, -0.1) is 0 Å². The smallest absolute Gasteiger partial charge is 0.368 e. The van der Waals surface area contributed by atoms with E-state index < -0.39 is 11.7 Å². The van der Waals surface area contributed by atoms with E-state index in [0.717, 1.165) is 12.1 Å². The van der Waals surface area contributed by atoms with Crippen LogP contribution in [-0.2, 0) is 6.18 Å². The maximum Gasteiger partial charge on any atom is 0.416 e. The zero-order valence-electron chi connectivity index (χ0n) is 15.3. The monoisotopic (exact) mass is 402 g/mol. The van der Waals surface area contributed by atoms with Crippen molar-refractivity contribution < 1.29 is 22.5 Å². The highest BCUT2D eigenvalue weighted by Crippen LogP contribution is 2.32. The molecule has 150 valence electrons. The number of carbonyl (C=O) groups is 1. The lowest BCUT2D eigenvalue weighted by Gasteiger charge is -2.36. The third-order valence-corrected chi connectivity index (χ3v) is 4.78. The minimum atomic E-state index is -4.38. The third kappa shape index (κ3) is 4.08. The van der Waals surface area contributed by atoms with Gasteiger partial charge in [0, 0.05) is 55.9 Å². The molecule has 1 fully saturated rings. The Hall–Kier alpha value is -3.36. The maximum absolute atomic E-state index is 12.9. The minimum Gasteiger partial charge on any atom is -0.368 e. The van der Waals surface area contributed by atoms with Crippen LogP contribution in [-0.4, -0.2) is 47.1 Å². The molecule has 0 N–H and O–H groups in total. The van der Waals surface area contributed by atoms with Crippen LogP contribution in [0.25, 0.3) is 11.3 Å². The second-order valence-electron chi connectivity index (χ2n) is 6.65. The minimum absolute atomic E-state index is 0.191. The summed E-state index contributed by atoms with van der Waals surface area (Å²) in [6, 6.07) is 10.3. The molecule has 1 amide bonds. The Labute approximate surface area is 164 Å². The molecule has 9 heteroatoms. The van der Waals surface area contributed by atoms with Gasteiger partial charge in [0.1, 0.15) is 0 Å². The summed E-state index contributed by atoms with van der Waals surface area (Å²) in [4.78, 5) is 20.2. The van der Waals surface area contributed by atoms with Crippen molar-refractivity contribution in [2.24, 2.45) is 0 Å². The van der Waals surface area contributed by atoms with Crippen LogP contribution in [0.5, 0.6) is 0 Å². The molecule has 3 heterocycles. The van der Waals surface area contributed by atoms with Gasteiger partial charge in [0.25, 0.3) is 5.91 Å². The molecule has 29 heavy (non-hydrogen) atoms. The lowest BCUT2D eigenvalue weighted by molar-refractivity contribution is -0.137. The van der Waals surface area contributed by atoms with Gasteiger partial charge in [0.2, 0.25) is 0 Å². The number of halogens is 3. The van der Waals surface area contributed by atoms with Crippen molar-refractivity contribution in [2.75, 3.05) is 31.1 Å². The number of hydrogen-bond acceptors (Lipinski definition) is 5. The molecule has 1 aliphatic heterocycles. The Morgan fingerprint density at radius 3 is 2.52 bits per heavy atom. The maximum atomic E-state index is 12.9. The summed E-state index contributed by atoms with van der Waals surface area (Å²) in [6.07, 6.45) is -1.13. The fourth-order valence-corrected chi connectivity index (χ4v) is 3.23. The van der Waals surface area contributed by atoms with E-state index in [9.17, 15) is 18.0 Å². The lowest BCUT2D eigenvalue weighted by atomic mass is 10.1. The number of hydrogen-bond donors (Lipinski definition) is 0. The van der Waals surface area contributed by atoms with Gasteiger partial charge in [0.15, 0.2) is 11.5 Å². The fraction of sp³-hybridized carbons (Fsp3) is 0.250. The number of rotatable bonds is 3. The van der Waals surface area contributed by atoms with Crippen molar-refractivity contribution >= 4 is 11.6 Å². The molecule has 1 saturated heterocycles. The van der Waals surface area contributed by atoms with Crippen LogP contribution in [0, 0.1) is 0 Å². The summed E-state index contributed by atoms with van der Waals surface area (Å²) >= 11 is 0. The molecule has 0 aliphatic carbocycles. The normalized spacial score (nSPS) is 14.9. The molecule has 0 unspecified atom stereocenters. The Balaban J connectivity index is 1.41. The van der Waals surface area contributed by atoms with Crippen LogP contribution in [0.3, 0.4) is 0 Å². The standard InChI is InChI=1S/C20H17F3N4O2/c21-20(22,23)15-4-1-5-16(11-15)26-7-9-27(10-8-26)19(28)17-12-18(29-25-17)14-3-2-6-24-13-14/h1-6,11-13H,7-10H2. The summed E-state index contributed by atoms with van der Waals surface area (Å²) in [5.74, 6) is 0.177. The van der Waals surface area contributed by atoms with Crippen molar-refractivity contribution in [3.05, 3.63) is 66.1 Å². The first-order chi connectivity index (χ1) is 13.9. The molecular formula is C20H17F3N4O2. The van der Waals surface area contributed by atoms with Crippen molar-refractivity contribution in [1.82, 2.24) is 15.0 Å². The zero-order valence-corrected chi connectivity index (χ0v) is 15.3. The van der Waals surface area contributed by atoms with Gasteiger partial charge in [-0.3, -0.25) is 9.78 Å². The molecule has 3 aromatic rings. The largest absolute Gasteiger partial charge is 0.416 e. The number of pyridine rings is 1. The number of aromatic nitrogens is 2. The molecule has 1 aliphatic rings. The number of piperazine rings is 1. The number of amides is 1. The van der Waals surface area contributed by atoms with Gasteiger partial charge in [-0.25, -0.2) is 0 Å². The number of alkyl halides is 3. The average Bonchev–Trinajstić information content (AvgIpc) is 3.24. The molecule has 0 saturated carbocycles. The van der Waals surface area contributed by atoms with E-state index in [0.29, 0.717) is 43.2 Å². The highest BCUT2D eigenvalue weighted by Gasteiger charge is 2.31. The van der Waals surface area contributed by atoms with Gasteiger partial charge in [-0.05, 0) is 30.3 Å². The summed E-state index contributed by atoms with van der Waals surface area (Å²) in [5, 5.41) is 3.85. The van der Waals surface area contributed by atoms with Crippen LogP contribution in [0.2, 0.25) is 0 Å². The molecule has 0 atom stereocenters. The first-order valence-corrected chi connectivity index (χ1v) is 9.00. The van der Waals surface area contributed by atoms with Gasteiger partial charge in [-0.2, -0.15) is 13.2 Å². The summed E-state index contributed by atoms with van der Waals surface area (Å²) in [7, 11) is 0. The van der Waals surface area contributed by atoms with E-state index in [1.807, 2.05) is 4.90 Å². The SMILES string of the molecule is O=C(c1cc(-c2cccnc2)on1)N1CCN(c2cccc(C(F)(F)F)c2)CC1. The highest BCUT2D eigenvalue weighted by molar-refractivity contribution is 5.93. The number of anilines is 1. The fourth-order valence-electron chi connectivity index (χ4n) is 3.23. The quantitative estimate of drug-likeness (QED) is 0.668. The Bertz CT molecular complexity index is 996. The number of carbonyl (C=O) groups excluding carboxylic acids is 1. The topological polar surface area (TPSA) is 62.5 Å². The first kappa shape index (κ1) is 19.0. The zero-order chi connectivity index (χ0) is 20.4. The summed E-state index contributed by atoms with van der Waals surface area (Å²) in [5.41, 5.74) is 0.719. The third-order valence-electron chi connectivity index (χ3n) is 4.78. The highest BCUT2D eigenvalue weighted by atomic mass is 19.4. The molecule has 0 radical (unpaired) electrons. The molecule has 1 aromatic carbocycles. The van der Waals surface area contributed by atoms with Crippen molar-refractivity contribution in [1.29, 1.82) is 0 Å². The van der Waals surface area contributed by atoms with Crippen molar-refractivity contribution in [3.63, 3.8) is 0 Å². The van der Waals surface area contributed by atoms with Crippen LogP contribution in [0.1, 0.15) is 16.1 Å². The molecule has 4 rings (SSSR count). The van der Waals surface area contributed by atoms with Gasteiger partial charge < -0.3 is 14.3 Å². The van der Waals surface area contributed by atoms with Crippen LogP contribution in [0.15, 0.2) is 59.4 Å². The van der Waals surface area contributed by atoms with Crippen LogP contribution >= 0.6 is 0 Å². The predicted octanol–water partition coefficient (Wildman–Crippen LogP) is 3.72. The van der Waals surface area contributed by atoms with E-state index in [-0.39, 0.29) is 11.6 Å². The Morgan fingerprint density at radius 1 is 1.03 bits per heavy atom. The van der Waals surface area contributed by atoms with E-state index in [4.69, 9.17) is 4.52 Å². The van der Waals surface area contributed by atoms with Crippen molar-refractivity contribution in [2.45, 2.75) is 6.18 Å². The Morgan fingerprint density at radius 2 is 1.83 bits per heavy atom. The second-order valence-corrected chi connectivity index (χ2v) is 6.65. The number of benzene rings is 1. The van der Waals surface area contributed by atoms with E-state index >= 15 is 0 Å². The van der Waals surface area contributed by atoms with E-state index in [1.165, 1.54) is 6.07 Å². The van der Waals surface area contributed by atoms with E-state index in [1.54, 1.807) is 41.6 Å². The number of nitrogens with zero attached hydrogens (tertiary/aromatic N) is 4. The molecule has 0 spiro atoms. The van der Waals surface area contributed by atoms with E-state index in [2.05, 4.69) is 10.1 Å². The van der Waals surface area contributed by atoms with Gasteiger partial charge in [0.05, 0.1) is 5.56 Å². The average molecular weight is 402 g/mol. The van der Waals surface area contributed by atoms with Gasteiger partial charge >= 0.3 is 6.18 Å². The summed E-state index contributed by atoms with van der Waals surface area (Å²) in [6.45, 7) is 1.62. The second kappa shape index (κ2) is 7.57. The van der Waals surface area contributed by atoms with Crippen LogP contribution in [0.4, 0.5) is 18.9 Å². The first-order valence-electron chi connectivity index (χ1n) is 9.00. The summed E-state index contributed by atoms with van der Waals surface area (Å²) < 4.78 is 44.0. The Kier molecular flexibility index (Phi) is 4.96.